The summed E-state index contributed by atoms with van der Waals surface area (Å²) in [5.41, 5.74) is 1.96. The van der Waals surface area contributed by atoms with Crippen molar-refractivity contribution in [2.24, 2.45) is 5.16 Å². The zero-order valence-corrected chi connectivity index (χ0v) is 11.6. The fourth-order valence-corrected chi connectivity index (χ4v) is 2.33. The van der Waals surface area contributed by atoms with Gasteiger partial charge in [0.2, 0.25) is 0 Å². The van der Waals surface area contributed by atoms with Crippen LogP contribution < -0.4 is 0 Å². The second-order valence-corrected chi connectivity index (χ2v) is 5.12. The molecule has 0 aliphatic carbocycles. The molecule has 0 bridgehead atoms. The zero-order chi connectivity index (χ0) is 14.2. The number of hydrogen-bond donors (Lipinski definition) is 2. The molecule has 1 saturated heterocycles. The van der Waals surface area contributed by atoms with Crippen LogP contribution in [0.25, 0.3) is 0 Å². The smallest absolute Gasteiger partial charge is 0.0900 e. The Labute approximate surface area is 119 Å². The molecule has 0 amide bonds. The summed E-state index contributed by atoms with van der Waals surface area (Å²) < 4.78 is 5.52. The summed E-state index contributed by atoms with van der Waals surface area (Å²) >= 11 is 0. The number of aliphatic hydroxyl groups is 1. The number of β-amino-alcohol motifs (C(OH)–C–C–N with tert-alkyl or cyclic N) is 1. The van der Waals surface area contributed by atoms with E-state index in [4.69, 9.17) is 9.94 Å². The summed E-state index contributed by atoms with van der Waals surface area (Å²) in [5, 5.41) is 21.9. The first kappa shape index (κ1) is 15.0. The van der Waals surface area contributed by atoms with Crippen molar-refractivity contribution in [3.05, 3.63) is 35.9 Å². The van der Waals surface area contributed by atoms with E-state index in [1.54, 1.807) is 0 Å². The number of likely N-dealkylation sites (tertiary alicyclic amines) is 1. The van der Waals surface area contributed by atoms with Gasteiger partial charge in [0.05, 0.1) is 25.0 Å². The lowest BCUT2D eigenvalue weighted by molar-refractivity contribution is 0.00971. The van der Waals surface area contributed by atoms with Crippen molar-refractivity contribution in [3.63, 3.8) is 0 Å². The van der Waals surface area contributed by atoms with Gasteiger partial charge in [0, 0.05) is 32.5 Å². The number of benzene rings is 1. The Hall–Kier alpha value is -1.43. The lowest BCUT2D eigenvalue weighted by Crippen LogP contribution is -2.40. The lowest BCUT2D eigenvalue weighted by atomic mass is 10.1. The van der Waals surface area contributed by atoms with Crippen LogP contribution in [0.4, 0.5) is 0 Å². The van der Waals surface area contributed by atoms with Gasteiger partial charge in [-0.3, -0.25) is 4.90 Å². The molecule has 5 heteroatoms. The number of ether oxygens (including phenoxy) is 1. The molecule has 110 valence electrons. The highest BCUT2D eigenvalue weighted by molar-refractivity contribution is 5.84. The maximum atomic E-state index is 9.96. The number of oxime groups is 1. The van der Waals surface area contributed by atoms with Crippen molar-refractivity contribution in [2.45, 2.75) is 25.6 Å². The Bertz CT molecular complexity index is 412. The van der Waals surface area contributed by atoms with Crippen LogP contribution in [0.15, 0.2) is 35.5 Å². The molecule has 1 aliphatic heterocycles. The monoisotopic (exact) mass is 278 g/mol. The zero-order valence-electron chi connectivity index (χ0n) is 11.6. The van der Waals surface area contributed by atoms with E-state index in [0.717, 1.165) is 37.2 Å². The molecule has 1 unspecified atom stereocenters. The highest BCUT2D eigenvalue weighted by atomic mass is 16.5. The van der Waals surface area contributed by atoms with Crippen molar-refractivity contribution in [2.75, 3.05) is 26.2 Å². The van der Waals surface area contributed by atoms with Gasteiger partial charge < -0.3 is 15.1 Å². The first-order valence-electron chi connectivity index (χ1n) is 7.00. The van der Waals surface area contributed by atoms with Crippen molar-refractivity contribution < 1.29 is 15.1 Å². The molecule has 1 heterocycles. The van der Waals surface area contributed by atoms with Gasteiger partial charge in [0.25, 0.3) is 0 Å². The molecule has 1 aromatic rings. The first-order valence-corrected chi connectivity index (χ1v) is 7.00. The van der Waals surface area contributed by atoms with Crippen molar-refractivity contribution in [3.8, 4) is 0 Å². The molecule has 1 fully saturated rings. The highest BCUT2D eigenvalue weighted by Gasteiger charge is 2.18. The molecule has 0 spiro atoms. The molecule has 2 N–H and O–H groups in total. The Morgan fingerprint density at radius 1 is 1.20 bits per heavy atom. The first-order chi connectivity index (χ1) is 9.78. The number of piperidine rings is 1. The molecule has 1 atom stereocenters. The summed E-state index contributed by atoms with van der Waals surface area (Å²) in [5.74, 6) is 0. The predicted molar refractivity (Wildman–Crippen MR) is 77.0 cm³/mol. The van der Waals surface area contributed by atoms with E-state index in [1.807, 2.05) is 30.3 Å². The topological polar surface area (TPSA) is 65.3 Å². The third-order valence-corrected chi connectivity index (χ3v) is 3.47. The van der Waals surface area contributed by atoms with Gasteiger partial charge in [-0.1, -0.05) is 35.5 Å². The van der Waals surface area contributed by atoms with E-state index < -0.39 is 6.10 Å². The molecule has 5 nitrogen and oxygen atoms in total. The largest absolute Gasteiger partial charge is 0.411 e. The summed E-state index contributed by atoms with van der Waals surface area (Å²) in [7, 11) is 0. The maximum absolute atomic E-state index is 9.96. The second kappa shape index (κ2) is 7.99. The molecule has 1 aliphatic rings. The molecule has 2 rings (SSSR count). The fraction of sp³-hybridized carbons (Fsp3) is 0.533. The molecule has 0 aromatic heterocycles. The minimum absolute atomic E-state index is 0.340. The van der Waals surface area contributed by atoms with Crippen molar-refractivity contribution in [1.82, 2.24) is 4.90 Å². The lowest BCUT2D eigenvalue weighted by Gasteiger charge is -2.28. The van der Waals surface area contributed by atoms with Crippen molar-refractivity contribution >= 4 is 5.71 Å². The van der Waals surface area contributed by atoms with E-state index in [1.165, 1.54) is 0 Å². The summed E-state index contributed by atoms with van der Waals surface area (Å²) in [6, 6.07) is 9.94. The minimum Gasteiger partial charge on any atom is -0.411 e. The quantitative estimate of drug-likeness (QED) is 0.611. The van der Waals surface area contributed by atoms with Crippen LogP contribution >= 0.6 is 0 Å². The molecule has 0 radical (unpaired) electrons. The minimum atomic E-state index is -0.480. The number of nitrogens with zero attached hydrogens (tertiary/aromatic N) is 2. The maximum Gasteiger partial charge on any atom is 0.0900 e. The van der Waals surface area contributed by atoms with Crippen LogP contribution in [0.1, 0.15) is 18.4 Å². The Morgan fingerprint density at radius 3 is 2.55 bits per heavy atom. The van der Waals surface area contributed by atoms with Gasteiger partial charge in [0.1, 0.15) is 0 Å². The van der Waals surface area contributed by atoms with Gasteiger partial charge in [-0.05, 0) is 5.56 Å². The van der Waals surface area contributed by atoms with E-state index in [2.05, 4.69) is 10.1 Å². The van der Waals surface area contributed by atoms with Gasteiger partial charge in [-0.2, -0.15) is 0 Å². The normalized spacial score (nSPS) is 17.9. The average Bonchev–Trinajstić information content (AvgIpc) is 2.49. The van der Waals surface area contributed by atoms with E-state index in [-0.39, 0.29) is 0 Å². The average molecular weight is 278 g/mol. The van der Waals surface area contributed by atoms with Gasteiger partial charge in [-0.15, -0.1) is 0 Å². The number of rotatable bonds is 6. The van der Waals surface area contributed by atoms with E-state index >= 15 is 0 Å². The van der Waals surface area contributed by atoms with Crippen LogP contribution in [-0.4, -0.2) is 53.3 Å². The van der Waals surface area contributed by atoms with Crippen LogP contribution in [0.2, 0.25) is 0 Å². The third kappa shape index (κ3) is 4.92. The Morgan fingerprint density at radius 2 is 1.90 bits per heavy atom. The van der Waals surface area contributed by atoms with E-state index in [9.17, 15) is 5.11 Å². The summed E-state index contributed by atoms with van der Waals surface area (Å²) in [6.45, 7) is 3.13. The summed E-state index contributed by atoms with van der Waals surface area (Å²) in [4.78, 5) is 2.17. The van der Waals surface area contributed by atoms with E-state index in [0.29, 0.717) is 19.8 Å². The van der Waals surface area contributed by atoms with Crippen molar-refractivity contribution in [1.29, 1.82) is 0 Å². The van der Waals surface area contributed by atoms with Crippen LogP contribution in [0.5, 0.6) is 0 Å². The predicted octanol–water partition coefficient (Wildman–Crippen LogP) is 1.49. The standard InChI is InChI=1S/C15H22N2O3/c18-15(10-17-8-6-14(16-19)7-9-17)12-20-11-13-4-2-1-3-5-13/h1-5,15,18-19H,6-12H2. The van der Waals surface area contributed by atoms with Gasteiger partial charge in [-0.25, -0.2) is 0 Å². The molecular formula is C15H22N2O3. The summed E-state index contributed by atoms with van der Waals surface area (Å²) in [6.07, 6.45) is 1.06. The second-order valence-electron chi connectivity index (χ2n) is 5.12. The highest BCUT2D eigenvalue weighted by Crippen LogP contribution is 2.08. The third-order valence-electron chi connectivity index (χ3n) is 3.47. The Balaban J connectivity index is 1.62. The fourth-order valence-electron chi connectivity index (χ4n) is 2.33. The van der Waals surface area contributed by atoms with Crippen LogP contribution in [-0.2, 0) is 11.3 Å². The SMILES string of the molecule is ON=C1CCN(CC(O)COCc2ccccc2)CC1. The Kier molecular flexibility index (Phi) is 5.98. The molecular weight excluding hydrogens is 256 g/mol. The van der Waals surface area contributed by atoms with Gasteiger partial charge >= 0.3 is 0 Å². The molecule has 20 heavy (non-hydrogen) atoms. The number of hydrogen-bond acceptors (Lipinski definition) is 5. The van der Waals surface area contributed by atoms with Crippen LogP contribution in [0, 0.1) is 0 Å². The molecule has 0 saturated carbocycles. The van der Waals surface area contributed by atoms with Gasteiger partial charge in [0.15, 0.2) is 0 Å². The number of aliphatic hydroxyl groups excluding tert-OH is 1. The molecule has 1 aromatic carbocycles. The van der Waals surface area contributed by atoms with Crippen LogP contribution in [0.3, 0.4) is 0 Å².